The van der Waals surface area contributed by atoms with E-state index in [1.807, 2.05) is 13.8 Å². The lowest BCUT2D eigenvalue weighted by Gasteiger charge is -2.24. The molecule has 2 N–H and O–H groups in total. The summed E-state index contributed by atoms with van der Waals surface area (Å²) in [6, 6.07) is 9.83. The molecule has 1 heterocycles. The number of carbonyl (C=O) groups excluding carboxylic acids is 2. The minimum atomic E-state index is -0.633. The van der Waals surface area contributed by atoms with Gasteiger partial charge in [-0.25, -0.2) is 4.79 Å². The van der Waals surface area contributed by atoms with Crippen molar-refractivity contribution in [3.05, 3.63) is 36.4 Å². The second-order valence-corrected chi connectivity index (χ2v) is 7.37. The lowest BCUT2D eigenvalue weighted by atomic mass is 9.93. The van der Waals surface area contributed by atoms with Gasteiger partial charge < -0.3 is 29.7 Å². The number of nitrogens with zero attached hydrogens (tertiary/aromatic N) is 1. The average Bonchev–Trinajstić information content (AvgIpc) is 2.78. The summed E-state index contributed by atoms with van der Waals surface area (Å²) in [5.74, 6) is 1.62. The van der Waals surface area contributed by atoms with Crippen LogP contribution in [-0.2, 0) is 4.79 Å². The van der Waals surface area contributed by atoms with Gasteiger partial charge in [0.1, 0.15) is 12.4 Å². The molecular weight excluding hydrogens is 374 g/mol. The number of urea groups is 1. The number of rotatable bonds is 4. The van der Waals surface area contributed by atoms with E-state index in [1.54, 1.807) is 55.5 Å². The van der Waals surface area contributed by atoms with Crippen molar-refractivity contribution in [2.45, 2.75) is 13.8 Å². The van der Waals surface area contributed by atoms with Crippen molar-refractivity contribution in [1.29, 1.82) is 0 Å². The summed E-state index contributed by atoms with van der Waals surface area (Å²) in [6.07, 6.45) is 0. The second-order valence-electron chi connectivity index (χ2n) is 7.37. The normalized spacial score (nSPS) is 14.9. The highest BCUT2D eigenvalue weighted by molar-refractivity contribution is 6.02. The van der Waals surface area contributed by atoms with Crippen LogP contribution in [0, 0.1) is 5.41 Å². The predicted octanol–water partition coefficient (Wildman–Crippen LogP) is 3.73. The quantitative estimate of drug-likeness (QED) is 0.818. The summed E-state index contributed by atoms with van der Waals surface area (Å²) in [6.45, 7) is 3.97. The van der Waals surface area contributed by atoms with Crippen molar-refractivity contribution >= 4 is 29.0 Å². The van der Waals surface area contributed by atoms with Crippen molar-refractivity contribution in [3.8, 4) is 17.2 Å². The molecule has 0 unspecified atom stereocenters. The third-order valence-corrected chi connectivity index (χ3v) is 4.69. The number of hydrogen-bond acceptors (Lipinski definition) is 5. The van der Waals surface area contributed by atoms with E-state index >= 15 is 0 Å². The molecule has 0 aliphatic carbocycles. The number of anilines is 3. The Bertz CT molecular complexity index is 942. The van der Waals surface area contributed by atoms with Crippen LogP contribution in [0.3, 0.4) is 0 Å². The molecule has 8 heteroatoms. The van der Waals surface area contributed by atoms with Crippen molar-refractivity contribution < 1.29 is 23.8 Å². The number of ether oxygens (including phenoxy) is 3. The zero-order chi connectivity index (χ0) is 21.2. The van der Waals surface area contributed by atoms with Crippen LogP contribution in [0.25, 0.3) is 0 Å². The largest absolute Gasteiger partial charge is 0.493 e. The molecule has 0 atom stereocenters. The highest BCUT2D eigenvalue weighted by Gasteiger charge is 2.36. The van der Waals surface area contributed by atoms with Crippen LogP contribution in [0.1, 0.15) is 13.8 Å². The summed E-state index contributed by atoms with van der Waals surface area (Å²) in [5, 5.41) is 5.51. The maximum Gasteiger partial charge on any atom is 0.323 e. The maximum atomic E-state index is 12.6. The monoisotopic (exact) mass is 399 g/mol. The fraction of sp³-hybridized carbons (Fsp3) is 0.333. The third kappa shape index (κ3) is 4.21. The zero-order valence-corrected chi connectivity index (χ0v) is 17.2. The third-order valence-electron chi connectivity index (χ3n) is 4.69. The Labute approximate surface area is 169 Å². The van der Waals surface area contributed by atoms with E-state index in [0.717, 1.165) is 0 Å². The molecule has 3 rings (SSSR count). The van der Waals surface area contributed by atoms with Crippen molar-refractivity contribution in [2.24, 2.45) is 5.41 Å². The number of nitrogens with one attached hydrogen (secondary N) is 2. The molecule has 0 saturated carbocycles. The molecule has 0 bridgehead atoms. The first kappa shape index (κ1) is 20.3. The van der Waals surface area contributed by atoms with Gasteiger partial charge in [0.05, 0.1) is 25.3 Å². The van der Waals surface area contributed by atoms with Crippen LogP contribution >= 0.6 is 0 Å². The van der Waals surface area contributed by atoms with Gasteiger partial charge in [-0.15, -0.1) is 0 Å². The van der Waals surface area contributed by atoms with Gasteiger partial charge in [-0.05, 0) is 44.2 Å². The van der Waals surface area contributed by atoms with Crippen LogP contribution in [0.2, 0.25) is 0 Å². The van der Waals surface area contributed by atoms with E-state index in [-0.39, 0.29) is 12.5 Å². The number of carbonyl (C=O) groups is 2. The Hall–Kier alpha value is -3.42. The van der Waals surface area contributed by atoms with E-state index in [9.17, 15) is 9.59 Å². The first-order valence-corrected chi connectivity index (χ1v) is 9.10. The standard InChI is InChI=1S/C21H25N3O5/c1-21(2)12-29-16-8-6-13(10-15(16)24(3)19(21)25)22-20(26)23-14-7-9-17(27-4)18(11-14)28-5/h6-11H,12H2,1-5H3,(H2,22,23,26). The van der Waals surface area contributed by atoms with Crippen molar-refractivity contribution in [3.63, 3.8) is 0 Å². The average molecular weight is 399 g/mol. The van der Waals surface area contributed by atoms with Crippen molar-refractivity contribution in [2.75, 3.05) is 43.4 Å². The van der Waals surface area contributed by atoms with Crippen LogP contribution in [0.5, 0.6) is 17.2 Å². The minimum Gasteiger partial charge on any atom is -0.493 e. The van der Waals surface area contributed by atoms with Gasteiger partial charge >= 0.3 is 6.03 Å². The van der Waals surface area contributed by atoms with Crippen LogP contribution < -0.4 is 29.7 Å². The second kappa shape index (κ2) is 7.90. The molecule has 2 aromatic rings. The molecule has 0 saturated heterocycles. The molecule has 0 fully saturated rings. The van der Waals surface area contributed by atoms with E-state index in [4.69, 9.17) is 14.2 Å². The summed E-state index contributed by atoms with van der Waals surface area (Å²) < 4.78 is 16.2. The summed E-state index contributed by atoms with van der Waals surface area (Å²) in [7, 11) is 4.77. The first-order valence-electron chi connectivity index (χ1n) is 9.10. The lowest BCUT2D eigenvalue weighted by Crippen LogP contribution is -2.39. The van der Waals surface area contributed by atoms with Gasteiger partial charge in [-0.2, -0.15) is 0 Å². The summed E-state index contributed by atoms with van der Waals surface area (Å²) in [4.78, 5) is 26.6. The first-order chi connectivity index (χ1) is 13.7. The molecule has 0 radical (unpaired) electrons. The van der Waals surface area contributed by atoms with E-state index < -0.39 is 11.4 Å². The van der Waals surface area contributed by atoms with E-state index in [1.165, 1.54) is 7.11 Å². The van der Waals surface area contributed by atoms with Crippen LogP contribution in [0.4, 0.5) is 21.9 Å². The van der Waals surface area contributed by atoms with Crippen molar-refractivity contribution in [1.82, 2.24) is 0 Å². The van der Waals surface area contributed by atoms with Crippen LogP contribution in [-0.4, -0.2) is 39.8 Å². The Morgan fingerprint density at radius 2 is 1.66 bits per heavy atom. The topological polar surface area (TPSA) is 89.1 Å². The highest BCUT2D eigenvalue weighted by Crippen LogP contribution is 2.37. The molecule has 29 heavy (non-hydrogen) atoms. The summed E-state index contributed by atoms with van der Waals surface area (Å²) >= 11 is 0. The number of amides is 3. The fourth-order valence-corrected chi connectivity index (χ4v) is 3.07. The number of methoxy groups -OCH3 is 2. The highest BCUT2D eigenvalue weighted by atomic mass is 16.5. The fourth-order valence-electron chi connectivity index (χ4n) is 3.07. The lowest BCUT2D eigenvalue weighted by molar-refractivity contribution is -0.127. The van der Waals surface area contributed by atoms with E-state index in [2.05, 4.69) is 10.6 Å². The molecule has 2 aromatic carbocycles. The number of fused-ring (bicyclic) bond motifs is 1. The molecule has 1 aliphatic rings. The zero-order valence-electron chi connectivity index (χ0n) is 17.2. The molecule has 154 valence electrons. The van der Waals surface area contributed by atoms with Gasteiger partial charge in [0.25, 0.3) is 0 Å². The SMILES string of the molecule is COc1ccc(NC(=O)Nc2ccc3c(c2)N(C)C(=O)C(C)(C)CO3)cc1OC. The summed E-state index contributed by atoms with van der Waals surface area (Å²) in [5.41, 5.74) is 1.05. The molecular formula is C21H25N3O5. The Morgan fingerprint density at radius 1 is 1.03 bits per heavy atom. The van der Waals surface area contributed by atoms with Gasteiger partial charge in [0, 0.05) is 24.5 Å². The molecule has 0 spiro atoms. The van der Waals surface area contributed by atoms with E-state index in [0.29, 0.717) is 34.3 Å². The number of hydrogen-bond donors (Lipinski definition) is 2. The Morgan fingerprint density at radius 3 is 2.31 bits per heavy atom. The maximum absolute atomic E-state index is 12.6. The molecule has 0 aromatic heterocycles. The minimum absolute atomic E-state index is 0.0526. The van der Waals surface area contributed by atoms with Gasteiger partial charge in [0.2, 0.25) is 5.91 Å². The molecule has 8 nitrogen and oxygen atoms in total. The van der Waals surface area contributed by atoms with Gasteiger partial charge in [-0.3, -0.25) is 4.79 Å². The van der Waals surface area contributed by atoms with Crippen LogP contribution in [0.15, 0.2) is 36.4 Å². The Kier molecular flexibility index (Phi) is 5.54. The molecule has 3 amide bonds. The molecule has 1 aliphatic heterocycles. The Balaban J connectivity index is 1.76. The smallest absolute Gasteiger partial charge is 0.323 e. The predicted molar refractivity (Wildman–Crippen MR) is 111 cm³/mol. The van der Waals surface area contributed by atoms with Gasteiger partial charge in [0.15, 0.2) is 11.5 Å². The van der Waals surface area contributed by atoms with Gasteiger partial charge in [-0.1, -0.05) is 0 Å². The number of benzene rings is 2.